The molecular formula is C16H14F3N3S. The standard InChI is InChI=1S/C16H14F3N3S/c1-9-15(22-10(2)23-9)8-21-13-5-6-20-14-7-11(16(17,18)19)3-4-12(13)14/h3-7H,8H2,1-2H3,(H,20,21). The van der Waals surface area contributed by atoms with Crippen molar-refractivity contribution in [1.82, 2.24) is 9.97 Å². The third-order valence-electron chi connectivity index (χ3n) is 3.52. The number of anilines is 1. The van der Waals surface area contributed by atoms with Crippen LogP contribution in [0, 0.1) is 13.8 Å². The van der Waals surface area contributed by atoms with Gasteiger partial charge in [-0.05, 0) is 32.0 Å². The molecule has 0 aliphatic heterocycles. The van der Waals surface area contributed by atoms with E-state index in [0.29, 0.717) is 17.4 Å². The molecule has 23 heavy (non-hydrogen) atoms. The maximum atomic E-state index is 12.8. The molecule has 1 aromatic carbocycles. The minimum atomic E-state index is -4.37. The number of nitrogens with zero attached hydrogens (tertiary/aromatic N) is 2. The van der Waals surface area contributed by atoms with E-state index in [2.05, 4.69) is 15.3 Å². The average Bonchev–Trinajstić information content (AvgIpc) is 2.81. The van der Waals surface area contributed by atoms with Crippen LogP contribution in [0.3, 0.4) is 0 Å². The highest BCUT2D eigenvalue weighted by Gasteiger charge is 2.30. The van der Waals surface area contributed by atoms with E-state index < -0.39 is 11.7 Å². The highest BCUT2D eigenvalue weighted by atomic mass is 32.1. The Bertz CT molecular complexity index is 855. The van der Waals surface area contributed by atoms with E-state index >= 15 is 0 Å². The SMILES string of the molecule is Cc1nc(CNc2ccnc3cc(C(F)(F)F)ccc23)c(C)s1. The van der Waals surface area contributed by atoms with Gasteiger partial charge in [0.05, 0.1) is 28.3 Å². The summed E-state index contributed by atoms with van der Waals surface area (Å²) < 4.78 is 38.3. The fraction of sp³-hybridized carbons (Fsp3) is 0.250. The first kappa shape index (κ1) is 15.7. The summed E-state index contributed by atoms with van der Waals surface area (Å²) in [5.41, 5.74) is 1.31. The van der Waals surface area contributed by atoms with Gasteiger partial charge >= 0.3 is 6.18 Å². The van der Waals surface area contributed by atoms with E-state index in [9.17, 15) is 13.2 Å². The zero-order valence-electron chi connectivity index (χ0n) is 12.5. The molecule has 1 N–H and O–H groups in total. The number of benzene rings is 1. The second kappa shape index (κ2) is 5.81. The molecule has 0 saturated heterocycles. The van der Waals surface area contributed by atoms with Crippen molar-refractivity contribution in [3.05, 3.63) is 51.6 Å². The predicted octanol–water partition coefficient (Wildman–Crippen LogP) is 4.94. The summed E-state index contributed by atoms with van der Waals surface area (Å²) >= 11 is 1.62. The Balaban J connectivity index is 1.91. The molecule has 2 aromatic heterocycles. The summed E-state index contributed by atoms with van der Waals surface area (Å²) in [4.78, 5) is 9.61. The Kier molecular flexibility index (Phi) is 3.97. The van der Waals surface area contributed by atoms with Gasteiger partial charge in [-0.1, -0.05) is 6.07 Å². The molecule has 3 aromatic rings. The molecule has 0 aliphatic carbocycles. The van der Waals surface area contributed by atoms with E-state index in [0.717, 1.165) is 33.4 Å². The lowest BCUT2D eigenvalue weighted by Gasteiger charge is -2.11. The molecule has 120 valence electrons. The van der Waals surface area contributed by atoms with Crippen molar-refractivity contribution in [2.75, 3.05) is 5.32 Å². The number of hydrogen-bond donors (Lipinski definition) is 1. The summed E-state index contributed by atoms with van der Waals surface area (Å²) in [6.07, 6.45) is -2.86. The first-order valence-electron chi connectivity index (χ1n) is 6.97. The number of halogens is 3. The van der Waals surface area contributed by atoms with Gasteiger partial charge in [-0.15, -0.1) is 11.3 Å². The van der Waals surface area contributed by atoms with Crippen LogP contribution in [0.15, 0.2) is 30.5 Å². The number of rotatable bonds is 3. The fourth-order valence-electron chi connectivity index (χ4n) is 2.39. The largest absolute Gasteiger partial charge is 0.416 e. The number of pyridine rings is 1. The molecule has 7 heteroatoms. The molecule has 0 bridgehead atoms. The lowest BCUT2D eigenvalue weighted by atomic mass is 10.1. The molecule has 0 radical (unpaired) electrons. The lowest BCUT2D eigenvalue weighted by molar-refractivity contribution is -0.137. The van der Waals surface area contributed by atoms with Crippen molar-refractivity contribution in [3.8, 4) is 0 Å². The Morgan fingerprint density at radius 1 is 1.17 bits per heavy atom. The van der Waals surface area contributed by atoms with Crippen LogP contribution in [0.1, 0.15) is 21.1 Å². The van der Waals surface area contributed by atoms with E-state index in [4.69, 9.17) is 0 Å². The topological polar surface area (TPSA) is 37.8 Å². The Morgan fingerprint density at radius 2 is 1.96 bits per heavy atom. The summed E-state index contributed by atoms with van der Waals surface area (Å²) in [7, 11) is 0. The summed E-state index contributed by atoms with van der Waals surface area (Å²) in [6.45, 7) is 4.47. The van der Waals surface area contributed by atoms with Gasteiger partial charge in [0.1, 0.15) is 0 Å². The average molecular weight is 337 g/mol. The smallest absolute Gasteiger partial charge is 0.379 e. The number of aromatic nitrogens is 2. The number of fused-ring (bicyclic) bond motifs is 1. The van der Waals surface area contributed by atoms with Crippen molar-refractivity contribution < 1.29 is 13.2 Å². The van der Waals surface area contributed by atoms with Crippen LogP contribution in [-0.2, 0) is 12.7 Å². The molecule has 0 fully saturated rings. The van der Waals surface area contributed by atoms with Gasteiger partial charge in [0.2, 0.25) is 0 Å². The molecule has 0 amide bonds. The fourth-order valence-corrected chi connectivity index (χ4v) is 3.23. The first-order valence-corrected chi connectivity index (χ1v) is 7.79. The Morgan fingerprint density at radius 3 is 2.61 bits per heavy atom. The van der Waals surface area contributed by atoms with E-state index in [1.165, 1.54) is 12.3 Å². The van der Waals surface area contributed by atoms with Crippen molar-refractivity contribution in [2.24, 2.45) is 0 Å². The van der Waals surface area contributed by atoms with Gasteiger partial charge in [0, 0.05) is 22.1 Å². The van der Waals surface area contributed by atoms with Crippen LogP contribution >= 0.6 is 11.3 Å². The van der Waals surface area contributed by atoms with Crippen LogP contribution in [0.5, 0.6) is 0 Å². The molecular weight excluding hydrogens is 323 g/mol. The summed E-state index contributed by atoms with van der Waals surface area (Å²) in [5, 5.41) is 4.89. The maximum Gasteiger partial charge on any atom is 0.416 e. The maximum absolute atomic E-state index is 12.8. The highest BCUT2D eigenvalue weighted by Crippen LogP contribution is 2.32. The molecule has 0 unspecified atom stereocenters. The molecule has 3 rings (SSSR count). The third kappa shape index (κ3) is 3.29. The first-order chi connectivity index (χ1) is 10.8. The minimum Gasteiger partial charge on any atom is -0.379 e. The molecule has 0 saturated carbocycles. The number of nitrogens with one attached hydrogen (secondary N) is 1. The molecule has 0 atom stereocenters. The molecule has 0 aliphatic rings. The van der Waals surface area contributed by atoms with Crippen molar-refractivity contribution in [3.63, 3.8) is 0 Å². The van der Waals surface area contributed by atoms with Gasteiger partial charge in [-0.2, -0.15) is 13.2 Å². The normalized spacial score (nSPS) is 11.9. The van der Waals surface area contributed by atoms with E-state index in [1.54, 1.807) is 17.4 Å². The van der Waals surface area contributed by atoms with E-state index in [-0.39, 0.29) is 0 Å². The zero-order chi connectivity index (χ0) is 16.6. The van der Waals surface area contributed by atoms with Crippen molar-refractivity contribution in [2.45, 2.75) is 26.6 Å². The lowest BCUT2D eigenvalue weighted by Crippen LogP contribution is -2.05. The zero-order valence-corrected chi connectivity index (χ0v) is 13.3. The number of thiazole rings is 1. The number of hydrogen-bond acceptors (Lipinski definition) is 4. The summed E-state index contributed by atoms with van der Waals surface area (Å²) in [5.74, 6) is 0. The molecule has 2 heterocycles. The van der Waals surface area contributed by atoms with Crippen LogP contribution in [0.25, 0.3) is 10.9 Å². The Labute approximate surface area is 135 Å². The van der Waals surface area contributed by atoms with Crippen molar-refractivity contribution >= 4 is 27.9 Å². The van der Waals surface area contributed by atoms with Gasteiger partial charge in [0.15, 0.2) is 0 Å². The number of alkyl halides is 3. The van der Waals surface area contributed by atoms with E-state index in [1.807, 2.05) is 13.8 Å². The predicted molar refractivity (Wildman–Crippen MR) is 85.7 cm³/mol. The highest BCUT2D eigenvalue weighted by molar-refractivity contribution is 7.11. The van der Waals surface area contributed by atoms with Crippen LogP contribution in [-0.4, -0.2) is 9.97 Å². The van der Waals surface area contributed by atoms with Gasteiger partial charge in [-0.25, -0.2) is 4.98 Å². The number of aryl methyl sites for hydroxylation is 2. The van der Waals surface area contributed by atoms with Crippen LogP contribution in [0.2, 0.25) is 0 Å². The third-order valence-corrected chi connectivity index (χ3v) is 4.44. The van der Waals surface area contributed by atoms with Crippen LogP contribution in [0.4, 0.5) is 18.9 Å². The van der Waals surface area contributed by atoms with Gasteiger partial charge < -0.3 is 5.32 Å². The second-order valence-corrected chi connectivity index (χ2v) is 6.58. The Hall–Kier alpha value is -2.15. The second-order valence-electron chi connectivity index (χ2n) is 5.18. The quantitative estimate of drug-likeness (QED) is 0.736. The van der Waals surface area contributed by atoms with Gasteiger partial charge in [-0.3, -0.25) is 4.98 Å². The minimum absolute atomic E-state index is 0.316. The van der Waals surface area contributed by atoms with Crippen molar-refractivity contribution in [1.29, 1.82) is 0 Å². The molecule has 0 spiro atoms. The molecule has 3 nitrogen and oxygen atoms in total. The van der Waals surface area contributed by atoms with Gasteiger partial charge in [0.25, 0.3) is 0 Å². The van der Waals surface area contributed by atoms with Crippen LogP contribution < -0.4 is 5.32 Å². The summed E-state index contributed by atoms with van der Waals surface area (Å²) in [6, 6.07) is 5.35. The monoisotopic (exact) mass is 337 g/mol.